The van der Waals surface area contributed by atoms with E-state index in [1.165, 1.54) is 7.05 Å². The monoisotopic (exact) mass is 325 g/mol. The minimum absolute atomic E-state index is 0.318. The molecular formula is C14H19N3O6. The molecule has 0 aliphatic heterocycles. The van der Waals surface area contributed by atoms with Gasteiger partial charge in [0.1, 0.15) is 6.54 Å². The molecule has 1 aliphatic rings. The first-order chi connectivity index (χ1) is 10.8. The lowest BCUT2D eigenvalue weighted by atomic mass is 9.95. The molecule has 0 saturated heterocycles. The van der Waals surface area contributed by atoms with Crippen LogP contribution in [0.15, 0.2) is 9.59 Å². The van der Waals surface area contributed by atoms with E-state index in [1.54, 1.807) is 0 Å². The van der Waals surface area contributed by atoms with Crippen molar-refractivity contribution < 1.29 is 19.8 Å². The molecule has 2 rings (SSSR count). The fourth-order valence-electron chi connectivity index (χ4n) is 2.83. The van der Waals surface area contributed by atoms with Gasteiger partial charge in [-0.1, -0.05) is 19.3 Å². The Hall–Kier alpha value is -2.58. The van der Waals surface area contributed by atoms with E-state index in [-0.39, 0.29) is 6.04 Å². The molecule has 0 unspecified atom stereocenters. The Morgan fingerprint density at radius 3 is 2.39 bits per heavy atom. The van der Waals surface area contributed by atoms with Crippen molar-refractivity contribution in [1.82, 2.24) is 14.5 Å². The number of carboxylic acid groups (broad SMARTS) is 1. The van der Waals surface area contributed by atoms with E-state index in [0.717, 1.165) is 28.4 Å². The lowest BCUT2D eigenvalue weighted by molar-refractivity contribution is -0.135. The molecule has 0 atom stereocenters. The SMILES string of the molecule is Cn1c(O)c(C(=O)NCC(=O)O)c(=O)n(C2CCCCC2)c1=O. The number of carbonyl (C=O) groups excluding carboxylic acids is 1. The van der Waals surface area contributed by atoms with E-state index < -0.39 is 41.1 Å². The first-order valence-corrected chi connectivity index (χ1v) is 7.39. The highest BCUT2D eigenvalue weighted by Crippen LogP contribution is 2.26. The number of carbonyl (C=O) groups is 2. The summed E-state index contributed by atoms with van der Waals surface area (Å²) in [6, 6.07) is -0.318. The molecule has 0 spiro atoms. The zero-order chi connectivity index (χ0) is 17.1. The Balaban J connectivity index is 2.52. The van der Waals surface area contributed by atoms with Gasteiger partial charge in [-0.3, -0.25) is 23.5 Å². The quantitative estimate of drug-likeness (QED) is 0.688. The van der Waals surface area contributed by atoms with E-state index >= 15 is 0 Å². The predicted molar refractivity (Wildman–Crippen MR) is 79.7 cm³/mol. The van der Waals surface area contributed by atoms with Crippen molar-refractivity contribution in [1.29, 1.82) is 0 Å². The summed E-state index contributed by atoms with van der Waals surface area (Å²) in [4.78, 5) is 47.4. The van der Waals surface area contributed by atoms with Gasteiger partial charge in [-0.15, -0.1) is 0 Å². The molecule has 9 heteroatoms. The molecule has 1 heterocycles. The van der Waals surface area contributed by atoms with Crippen LogP contribution < -0.4 is 16.6 Å². The summed E-state index contributed by atoms with van der Waals surface area (Å²) in [6.45, 7) is -0.690. The van der Waals surface area contributed by atoms with Crippen LogP contribution in [0.3, 0.4) is 0 Å². The second-order valence-corrected chi connectivity index (χ2v) is 5.58. The summed E-state index contributed by atoms with van der Waals surface area (Å²) in [5, 5.41) is 20.6. The summed E-state index contributed by atoms with van der Waals surface area (Å²) < 4.78 is 1.82. The first kappa shape index (κ1) is 16.8. The third-order valence-electron chi connectivity index (χ3n) is 4.03. The molecule has 1 aromatic heterocycles. The molecule has 1 saturated carbocycles. The van der Waals surface area contributed by atoms with Crippen LogP contribution >= 0.6 is 0 Å². The van der Waals surface area contributed by atoms with Crippen molar-refractivity contribution >= 4 is 11.9 Å². The van der Waals surface area contributed by atoms with Crippen molar-refractivity contribution in [2.75, 3.05) is 6.54 Å². The Labute approximate surface area is 131 Å². The predicted octanol–water partition coefficient (Wildman–Crippen LogP) is -0.428. The van der Waals surface area contributed by atoms with Gasteiger partial charge in [0.2, 0.25) is 5.88 Å². The fraction of sp³-hybridized carbons (Fsp3) is 0.571. The standard InChI is InChI=1S/C14H19N3O6/c1-16-12(21)10(11(20)15-7-9(18)19)13(22)17(14(16)23)8-5-3-2-4-6-8/h8,21H,2-7H2,1H3,(H,15,20)(H,18,19). The topological polar surface area (TPSA) is 131 Å². The van der Waals surface area contributed by atoms with Crippen molar-refractivity contribution in [3.8, 4) is 5.88 Å². The number of nitrogens with zero attached hydrogens (tertiary/aromatic N) is 2. The van der Waals surface area contributed by atoms with Crippen molar-refractivity contribution in [2.24, 2.45) is 7.05 Å². The van der Waals surface area contributed by atoms with Crippen molar-refractivity contribution in [3.05, 3.63) is 26.4 Å². The molecule has 0 radical (unpaired) electrons. The number of aromatic nitrogens is 2. The Kier molecular flexibility index (Phi) is 4.87. The Morgan fingerprint density at radius 1 is 1.22 bits per heavy atom. The third-order valence-corrected chi connectivity index (χ3v) is 4.03. The molecule has 0 aromatic carbocycles. The molecule has 1 aliphatic carbocycles. The summed E-state index contributed by atoms with van der Waals surface area (Å²) >= 11 is 0. The highest BCUT2D eigenvalue weighted by molar-refractivity contribution is 5.97. The highest BCUT2D eigenvalue weighted by atomic mass is 16.4. The average molecular weight is 325 g/mol. The van der Waals surface area contributed by atoms with Gasteiger partial charge in [-0.25, -0.2) is 4.79 Å². The largest absolute Gasteiger partial charge is 0.494 e. The minimum Gasteiger partial charge on any atom is -0.494 e. The van der Waals surface area contributed by atoms with Crippen LogP contribution in [0.1, 0.15) is 48.5 Å². The number of amides is 1. The van der Waals surface area contributed by atoms with Crippen LogP contribution in [0, 0.1) is 0 Å². The fourth-order valence-corrected chi connectivity index (χ4v) is 2.83. The van der Waals surface area contributed by atoms with Crippen molar-refractivity contribution in [3.63, 3.8) is 0 Å². The second kappa shape index (κ2) is 6.67. The van der Waals surface area contributed by atoms with Gasteiger partial charge in [-0.05, 0) is 12.8 Å². The zero-order valence-electron chi connectivity index (χ0n) is 12.7. The van der Waals surface area contributed by atoms with E-state index in [1.807, 2.05) is 5.32 Å². The molecular weight excluding hydrogens is 306 g/mol. The summed E-state index contributed by atoms with van der Waals surface area (Å²) in [7, 11) is 1.25. The van der Waals surface area contributed by atoms with E-state index in [2.05, 4.69) is 0 Å². The maximum absolute atomic E-state index is 12.5. The molecule has 1 aromatic rings. The van der Waals surface area contributed by atoms with Gasteiger partial charge in [0, 0.05) is 13.1 Å². The van der Waals surface area contributed by atoms with Gasteiger partial charge in [-0.2, -0.15) is 0 Å². The maximum atomic E-state index is 12.5. The summed E-state index contributed by atoms with van der Waals surface area (Å²) in [5.41, 5.74) is -2.19. The third kappa shape index (κ3) is 3.27. The molecule has 0 bridgehead atoms. The molecule has 3 N–H and O–H groups in total. The maximum Gasteiger partial charge on any atom is 0.333 e. The van der Waals surface area contributed by atoms with Crippen LogP contribution in [0.4, 0.5) is 0 Å². The van der Waals surface area contributed by atoms with E-state index in [9.17, 15) is 24.3 Å². The van der Waals surface area contributed by atoms with Crippen molar-refractivity contribution in [2.45, 2.75) is 38.1 Å². The summed E-state index contributed by atoms with van der Waals surface area (Å²) in [5.74, 6) is -3.07. The van der Waals surface area contributed by atoms with E-state index in [4.69, 9.17) is 5.11 Å². The first-order valence-electron chi connectivity index (χ1n) is 7.39. The van der Waals surface area contributed by atoms with Gasteiger partial charge in [0.15, 0.2) is 5.56 Å². The number of aromatic hydroxyl groups is 1. The lowest BCUT2D eigenvalue weighted by Crippen LogP contribution is -2.46. The number of hydrogen-bond donors (Lipinski definition) is 3. The van der Waals surface area contributed by atoms with Gasteiger partial charge < -0.3 is 15.5 Å². The molecule has 9 nitrogen and oxygen atoms in total. The summed E-state index contributed by atoms with van der Waals surface area (Å²) in [6.07, 6.45) is 4.07. The van der Waals surface area contributed by atoms with Crippen LogP contribution in [-0.4, -0.2) is 37.8 Å². The number of aliphatic carboxylic acids is 1. The van der Waals surface area contributed by atoms with Crippen LogP contribution in [0.5, 0.6) is 5.88 Å². The van der Waals surface area contributed by atoms with Gasteiger partial charge >= 0.3 is 11.7 Å². The van der Waals surface area contributed by atoms with Crippen LogP contribution in [0.2, 0.25) is 0 Å². The normalized spacial score (nSPS) is 15.3. The van der Waals surface area contributed by atoms with Crippen LogP contribution in [-0.2, 0) is 11.8 Å². The van der Waals surface area contributed by atoms with Gasteiger partial charge in [0.05, 0.1) is 0 Å². The number of hydrogen-bond acceptors (Lipinski definition) is 5. The number of nitrogens with one attached hydrogen (secondary N) is 1. The highest BCUT2D eigenvalue weighted by Gasteiger charge is 2.27. The average Bonchev–Trinajstić information content (AvgIpc) is 2.52. The smallest absolute Gasteiger partial charge is 0.333 e. The molecule has 23 heavy (non-hydrogen) atoms. The molecule has 1 fully saturated rings. The van der Waals surface area contributed by atoms with E-state index in [0.29, 0.717) is 12.8 Å². The number of carboxylic acids is 1. The molecule has 126 valence electrons. The Bertz CT molecular complexity index is 742. The minimum atomic E-state index is -1.28. The van der Waals surface area contributed by atoms with Gasteiger partial charge in [0.25, 0.3) is 11.5 Å². The molecule has 1 amide bonds. The van der Waals surface area contributed by atoms with Crippen LogP contribution in [0.25, 0.3) is 0 Å². The second-order valence-electron chi connectivity index (χ2n) is 5.58. The Morgan fingerprint density at radius 2 is 1.83 bits per heavy atom. The lowest BCUT2D eigenvalue weighted by Gasteiger charge is -2.24. The number of rotatable bonds is 4. The zero-order valence-corrected chi connectivity index (χ0v) is 12.7.